The van der Waals surface area contributed by atoms with Gasteiger partial charge in [0.05, 0.1) is 12.1 Å². The smallest absolute Gasteiger partial charge is 0.272 e. The van der Waals surface area contributed by atoms with Gasteiger partial charge in [0.25, 0.3) is 5.91 Å². The molecule has 1 amide bonds. The van der Waals surface area contributed by atoms with Crippen molar-refractivity contribution in [2.45, 2.75) is 6.92 Å². The summed E-state index contributed by atoms with van der Waals surface area (Å²) in [4.78, 5) is 18.6. The molecule has 1 aromatic heterocycles. The summed E-state index contributed by atoms with van der Waals surface area (Å²) >= 11 is 0. The Balaban J connectivity index is 1.62. The molecule has 4 nitrogen and oxygen atoms in total. The van der Waals surface area contributed by atoms with Crippen LogP contribution in [0.15, 0.2) is 60.7 Å². The average molecular weight is 320 g/mol. The Morgan fingerprint density at radius 2 is 1.79 bits per heavy atom. The lowest BCUT2D eigenvalue weighted by atomic mass is 10.2. The Bertz CT molecular complexity index is 861. The summed E-state index contributed by atoms with van der Waals surface area (Å²) in [5.41, 5.74) is 2.36. The van der Waals surface area contributed by atoms with E-state index in [9.17, 15) is 4.79 Å². The quantitative estimate of drug-likeness (QED) is 0.720. The van der Waals surface area contributed by atoms with Crippen LogP contribution in [0, 0.1) is 6.92 Å². The number of carbonyl (C=O) groups excluding carboxylic acids is 1. The number of pyridine rings is 1. The van der Waals surface area contributed by atoms with Crippen molar-refractivity contribution in [3.05, 3.63) is 71.9 Å². The molecule has 0 unspecified atom stereocenters. The molecule has 0 aliphatic carbocycles. The topological polar surface area (TPSA) is 42.4 Å². The average Bonchev–Trinajstić information content (AvgIpc) is 2.62. The molecule has 3 aromatic rings. The lowest BCUT2D eigenvalue weighted by Crippen LogP contribution is -2.31. The van der Waals surface area contributed by atoms with Crippen LogP contribution in [0.4, 0.5) is 0 Å². The molecule has 0 spiro atoms. The number of likely N-dealkylation sites (N-methyl/N-ethyl adjacent to an activating group) is 1. The van der Waals surface area contributed by atoms with Crippen LogP contribution < -0.4 is 4.74 Å². The zero-order valence-corrected chi connectivity index (χ0v) is 13.9. The van der Waals surface area contributed by atoms with Crippen LogP contribution in [0.25, 0.3) is 10.9 Å². The molecular formula is C20H20N2O2. The number of para-hydroxylation sites is 2. The molecule has 0 bridgehead atoms. The summed E-state index contributed by atoms with van der Waals surface area (Å²) < 4.78 is 5.75. The number of rotatable bonds is 5. The standard InChI is InChI=1S/C20H20N2O2/c1-15-7-3-6-10-19(15)24-14-13-22(2)20(23)18-12-11-16-8-4-5-9-17(16)21-18/h3-12H,13-14H2,1-2H3. The maximum absolute atomic E-state index is 12.5. The summed E-state index contributed by atoms with van der Waals surface area (Å²) in [5, 5.41) is 1.03. The van der Waals surface area contributed by atoms with E-state index in [4.69, 9.17) is 4.74 Å². The zero-order valence-electron chi connectivity index (χ0n) is 13.9. The summed E-state index contributed by atoms with van der Waals surface area (Å²) in [7, 11) is 1.76. The van der Waals surface area contributed by atoms with Crippen LogP contribution >= 0.6 is 0 Å². The van der Waals surface area contributed by atoms with Crippen molar-refractivity contribution in [3.8, 4) is 5.75 Å². The minimum Gasteiger partial charge on any atom is -0.491 e. The molecule has 2 aromatic carbocycles. The fourth-order valence-corrected chi connectivity index (χ4v) is 2.49. The molecule has 0 aliphatic rings. The molecule has 3 rings (SSSR count). The van der Waals surface area contributed by atoms with Crippen LogP contribution in [-0.2, 0) is 0 Å². The van der Waals surface area contributed by atoms with Crippen LogP contribution in [0.2, 0.25) is 0 Å². The molecule has 1 heterocycles. The molecule has 122 valence electrons. The van der Waals surface area contributed by atoms with Crippen LogP contribution in [0.5, 0.6) is 5.75 Å². The fourth-order valence-electron chi connectivity index (χ4n) is 2.49. The highest BCUT2D eigenvalue weighted by Crippen LogP contribution is 2.16. The van der Waals surface area contributed by atoms with E-state index >= 15 is 0 Å². The predicted molar refractivity (Wildman–Crippen MR) is 95.4 cm³/mol. The third-order valence-electron chi connectivity index (χ3n) is 3.94. The third-order valence-corrected chi connectivity index (χ3v) is 3.94. The molecular weight excluding hydrogens is 300 g/mol. The summed E-state index contributed by atoms with van der Waals surface area (Å²) in [6.07, 6.45) is 0. The number of hydrogen-bond donors (Lipinski definition) is 0. The predicted octanol–water partition coefficient (Wildman–Crippen LogP) is 3.69. The van der Waals surface area contributed by atoms with Crippen molar-refractivity contribution in [2.75, 3.05) is 20.2 Å². The van der Waals surface area contributed by atoms with Gasteiger partial charge in [-0.3, -0.25) is 4.79 Å². The van der Waals surface area contributed by atoms with E-state index in [-0.39, 0.29) is 5.91 Å². The molecule has 0 aliphatic heterocycles. The van der Waals surface area contributed by atoms with E-state index < -0.39 is 0 Å². The number of aryl methyl sites for hydroxylation is 1. The van der Waals surface area contributed by atoms with Gasteiger partial charge >= 0.3 is 0 Å². The van der Waals surface area contributed by atoms with Gasteiger partial charge in [0.15, 0.2) is 0 Å². The Morgan fingerprint density at radius 1 is 1.04 bits per heavy atom. The highest BCUT2D eigenvalue weighted by Gasteiger charge is 2.13. The van der Waals surface area contributed by atoms with Gasteiger partial charge in [-0.25, -0.2) is 4.98 Å². The van der Waals surface area contributed by atoms with Crippen molar-refractivity contribution in [1.82, 2.24) is 9.88 Å². The zero-order chi connectivity index (χ0) is 16.9. The van der Waals surface area contributed by atoms with Crippen LogP contribution in [0.3, 0.4) is 0 Å². The maximum Gasteiger partial charge on any atom is 0.272 e. The van der Waals surface area contributed by atoms with Gasteiger partial charge in [-0.1, -0.05) is 42.5 Å². The molecule has 24 heavy (non-hydrogen) atoms. The minimum absolute atomic E-state index is 0.103. The first-order chi connectivity index (χ1) is 11.6. The number of hydrogen-bond acceptors (Lipinski definition) is 3. The Hall–Kier alpha value is -2.88. The second kappa shape index (κ2) is 7.13. The first kappa shape index (κ1) is 16.0. The lowest BCUT2D eigenvalue weighted by molar-refractivity contribution is 0.0768. The molecule has 0 radical (unpaired) electrons. The number of nitrogens with zero attached hydrogens (tertiary/aromatic N) is 2. The number of amides is 1. The summed E-state index contributed by atoms with van der Waals surface area (Å²) in [5.74, 6) is 0.747. The fraction of sp³-hybridized carbons (Fsp3) is 0.200. The highest BCUT2D eigenvalue weighted by molar-refractivity contribution is 5.94. The van der Waals surface area contributed by atoms with Crippen molar-refractivity contribution in [2.24, 2.45) is 0 Å². The summed E-state index contributed by atoms with van der Waals surface area (Å²) in [6, 6.07) is 19.3. The molecule has 0 N–H and O–H groups in total. The maximum atomic E-state index is 12.5. The second-order valence-corrected chi connectivity index (χ2v) is 5.73. The number of fused-ring (bicyclic) bond motifs is 1. The van der Waals surface area contributed by atoms with Crippen molar-refractivity contribution in [3.63, 3.8) is 0 Å². The van der Waals surface area contributed by atoms with Crippen molar-refractivity contribution >= 4 is 16.8 Å². The van der Waals surface area contributed by atoms with Crippen molar-refractivity contribution < 1.29 is 9.53 Å². The van der Waals surface area contributed by atoms with E-state index in [0.717, 1.165) is 22.2 Å². The highest BCUT2D eigenvalue weighted by atomic mass is 16.5. The third kappa shape index (κ3) is 3.54. The van der Waals surface area contributed by atoms with Gasteiger partial charge in [0.2, 0.25) is 0 Å². The largest absolute Gasteiger partial charge is 0.491 e. The first-order valence-electron chi connectivity index (χ1n) is 7.95. The van der Waals surface area contributed by atoms with Crippen molar-refractivity contribution in [1.29, 1.82) is 0 Å². The molecule has 0 saturated carbocycles. The van der Waals surface area contributed by atoms with E-state index in [0.29, 0.717) is 18.8 Å². The van der Waals surface area contributed by atoms with Gasteiger partial charge < -0.3 is 9.64 Å². The Morgan fingerprint density at radius 3 is 2.62 bits per heavy atom. The minimum atomic E-state index is -0.103. The lowest BCUT2D eigenvalue weighted by Gasteiger charge is -2.17. The van der Waals surface area contributed by atoms with E-state index in [1.165, 1.54) is 0 Å². The second-order valence-electron chi connectivity index (χ2n) is 5.73. The van der Waals surface area contributed by atoms with Gasteiger partial charge in [-0.05, 0) is 30.7 Å². The Labute approximate surface area is 141 Å². The molecule has 0 saturated heterocycles. The SMILES string of the molecule is Cc1ccccc1OCCN(C)C(=O)c1ccc2ccccc2n1. The van der Waals surface area contributed by atoms with Gasteiger partial charge in [-0.2, -0.15) is 0 Å². The van der Waals surface area contributed by atoms with E-state index in [2.05, 4.69) is 4.98 Å². The van der Waals surface area contributed by atoms with Gasteiger partial charge in [-0.15, -0.1) is 0 Å². The monoisotopic (exact) mass is 320 g/mol. The van der Waals surface area contributed by atoms with Crippen LogP contribution in [0.1, 0.15) is 16.1 Å². The number of aromatic nitrogens is 1. The van der Waals surface area contributed by atoms with Gasteiger partial charge in [0.1, 0.15) is 18.1 Å². The van der Waals surface area contributed by atoms with Gasteiger partial charge in [0, 0.05) is 12.4 Å². The normalized spacial score (nSPS) is 10.6. The van der Waals surface area contributed by atoms with Crippen LogP contribution in [-0.4, -0.2) is 36.0 Å². The summed E-state index contributed by atoms with van der Waals surface area (Å²) in [6.45, 7) is 2.95. The molecule has 0 atom stereocenters. The van der Waals surface area contributed by atoms with E-state index in [1.54, 1.807) is 18.0 Å². The number of carbonyl (C=O) groups is 1. The number of ether oxygens (including phenoxy) is 1. The Kier molecular flexibility index (Phi) is 4.75. The molecule has 0 fully saturated rings. The number of benzene rings is 2. The van der Waals surface area contributed by atoms with E-state index in [1.807, 2.05) is 61.5 Å². The first-order valence-corrected chi connectivity index (χ1v) is 7.95. The molecule has 4 heteroatoms.